The van der Waals surface area contributed by atoms with E-state index in [2.05, 4.69) is 9.88 Å². The number of amides is 1. The molecule has 1 aromatic rings. The fourth-order valence-electron chi connectivity index (χ4n) is 5.37. The van der Waals surface area contributed by atoms with E-state index in [1.54, 1.807) is 17.1 Å². The van der Waals surface area contributed by atoms with Crippen LogP contribution in [0.25, 0.3) is 0 Å². The molecule has 3 heterocycles. The van der Waals surface area contributed by atoms with Crippen molar-refractivity contribution in [3.8, 4) is 0 Å². The molecule has 0 unspecified atom stereocenters. The summed E-state index contributed by atoms with van der Waals surface area (Å²) < 4.78 is 12.8. The van der Waals surface area contributed by atoms with Gasteiger partial charge in [0.25, 0.3) is 5.91 Å². The summed E-state index contributed by atoms with van der Waals surface area (Å²) in [7, 11) is 1.85. The molecule has 0 aromatic carbocycles. The number of hydrogen-bond donors (Lipinski definition) is 0. The van der Waals surface area contributed by atoms with Gasteiger partial charge in [-0.15, -0.1) is 0 Å². The van der Waals surface area contributed by atoms with Crippen molar-refractivity contribution in [3.63, 3.8) is 0 Å². The number of hydrogen-bond acceptors (Lipinski definition) is 6. The van der Waals surface area contributed by atoms with Crippen LogP contribution in [0.1, 0.15) is 43.1 Å². The van der Waals surface area contributed by atoms with E-state index in [1.165, 1.54) is 0 Å². The Balaban J connectivity index is 1.52. The summed E-state index contributed by atoms with van der Waals surface area (Å²) in [5.41, 5.74) is -0.159. The van der Waals surface area contributed by atoms with Crippen LogP contribution in [0.15, 0.2) is 12.5 Å². The van der Waals surface area contributed by atoms with Crippen molar-refractivity contribution in [2.24, 2.45) is 18.4 Å². The average molecular weight is 405 g/mol. The first-order valence-corrected chi connectivity index (χ1v) is 10.8. The Kier molecular flexibility index (Phi) is 5.92. The van der Waals surface area contributed by atoms with Gasteiger partial charge in [0.15, 0.2) is 0 Å². The summed E-state index contributed by atoms with van der Waals surface area (Å²) in [6, 6.07) is 0.490. The Morgan fingerprint density at radius 3 is 2.76 bits per heavy atom. The lowest BCUT2D eigenvalue weighted by atomic mass is 9.61. The van der Waals surface area contributed by atoms with E-state index in [0.29, 0.717) is 31.4 Å². The molecule has 3 atom stereocenters. The van der Waals surface area contributed by atoms with E-state index < -0.39 is 5.41 Å². The van der Waals surface area contributed by atoms with Gasteiger partial charge in [-0.05, 0) is 38.5 Å². The fourth-order valence-corrected chi connectivity index (χ4v) is 5.37. The molecule has 160 valence electrons. The zero-order valence-corrected chi connectivity index (χ0v) is 17.5. The molecule has 3 aliphatic rings. The molecule has 0 N–H and O–H groups in total. The number of rotatable bonds is 4. The third-order valence-corrected chi connectivity index (χ3v) is 6.94. The molecule has 2 aliphatic heterocycles. The fraction of sp³-hybridized carbons (Fsp3) is 0.762. The Hall–Kier alpha value is -1.93. The largest absolute Gasteiger partial charge is 0.466 e. The summed E-state index contributed by atoms with van der Waals surface area (Å²) in [5.74, 6) is 0.0166. The van der Waals surface area contributed by atoms with Gasteiger partial charge in [0.1, 0.15) is 5.69 Å². The molecular formula is C21H32N4O4. The van der Waals surface area contributed by atoms with Crippen molar-refractivity contribution in [3.05, 3.63) is 18.2 Å². The SMILES string of the molecule is CCOC(=O)[C@@]12CC[C@H](N3CCOCC3)C[C@H]1CCN(C(=O)c1cn(C)cn1)C2. The van der Waals surface area contributed by atoms with Crippen LogP contribution in [-0.2, 0) is 21.3 Å². The standard InChI is InChI=1S/C21H32N4O4/c1-3-29-20(27)21-6-4-17(24-8-10-28-11-9-24)12-16(21)5-7-25(14-21)19(26)18-13-23(2)15-22-18/h13,15-17H,3-12,14H2,1-2H3/t16-,17+,21-/m1/s1. The minimum Gasteiger partial charge on any atom is -0.466 e. The van der Waals surface area contributed by atoms with Crippen LogP contribution in [0.3, 0.4) is 0 Å². The van der Waals surface area contributed by atoms with Gasteiger partial charge >= 0.3 is 5.97 Å². The average Bonchev–Trinajstić information content (AvgIpc) is 3.19. The monoisotopic (exact) mass is 404 g/mol. The van der Waals surface area contributed by atoms with E-state index >= 15 is 0 Å². The Morgan fingerprint density at radius 2 is 2.07 bits per heavy atom. The van der Waals surface area contributed by atoms with Crippen molar-refractivity contribution in [2.75, 3.05) is 46.0 Å². The maximum atomic E-state index is 13.1. The number of likely N-dealkylation sites (tertiary alicyclic amines) is 1. The van der Waals surface area contributed by atoms with Gasteiger partial charge in [-0.3, -0.25) is 14.5 Å². The van der Waals surface area contributed by atoms with Crippen LogP contribution in [0.4, 0.5) is 0 Å². The van der Waals surface area contributed by atoms with Crippen LogP contribution in [0.5, 0.6) is 0 Å². The number of aryl methyl sites for hydroxylation is 1. The summed E-state index contributed by atoms with van der Waals surface area (Å²) in [5, 5.41) is 0. The number of fused-ring (bicyclic) bond motifs is 1. The summed E-state index contributed by atoms with van der Waals surface area (Å²) in [6.45, 7) is 6.82. The second-order valence-electron chi connectivity index (χ2n) is 8.59. The van der Waals surface area contributed by atoms with Crippen molar-refractivity contribution >= 4 is 11.9 Å². The van der Waals surface area contributed by atoms with Gasteiger partial charge in [0, 0.05) is 45.5 Å². The van der Waals surface area contributed by atoms with E-state index in [-0.39, 0.29) is 17.8 Å². The smallest absolute Gasteiger partial charge is 0.314 e. The molecule has 1 aromatic heterocycles. The highest BCUT2D eigenvalue weighted by Gasteiger charge is 2.54. The lowest BCUT2D eigenvalue weighted by molar-refractivity contribution is -0.168. The number of nitrogens with zero attached hydrogens (tertiary/aromatic N) is 4. The highest BCUT2D eigenvalue weighted by molar-refractivity contribution is 5.93. The van der Waals surface area contributed by atoms with Gasteiger partial charge in [-0.1, -0.05) is 0 Å². The lowest BCUT2D eigenvalue weighted by Crippen LogP contribution is -2.59. The Morgan fingerprint density at radius 1 is 1.28 bits per heavy atom. The molecule has 3 fully saturated rings. The van der Waals surface area contributed by atoms with E-state index in [9.17, 15) is 9.59 Å². The van der Waals surface area contributed by atoms with Gasteiger partial charge in [-0.25, -0.2) is 4.98 Å². The number of carbonyl (C=O) groups excluding carboxylic acids is 2. The molecule has 8 heteroatoms. The van der Waals surface area contributed by atoms with Crippen molar-refractivity contribution in [1.82, 2.24) is 19.4 Å². The lowest BCUT2D eigenvalue weighted by Gasteiger charge is -2.52. The number of aromatic nitrogens is 2. The van der Waals surface area contributed by atoms with Gasteiger partial charge in [0.2, 0.25) is 0 Å². The van der Waals surface area contributed by atoms with Gasteiger partial charge in [0.05, 0.1) is 31.6 Å². The zero-order valence-electron chi connectivity index (χ0n) is 17.5. The predicted octanol–water partition coefficient (Wildman–Crippen LogP) is 1.32. The maximum absolute atomic E-state index is 13.1. The third-order valence-electron chi connectivity index (χ3n) is 6.94. The summed E-state index contributed by atoms with van der Waals surface area (Å²) >= 11 is 0. The summed E-state index contributed by atoms with van der Waals surface area (Å²) in [6.07, 6.45) is 6.92. The zero-order chi connectivity index (χ0) is 20.4. The highest BCUT2D eigenvalue weighted by atomic mass is 16.5. The molecule has 1 aliphatic carbocycles. The minimum atomic E-state index is -0.596. The highest BCUT2D eigenvalue weighted by Crippen LogP contribution is 2.48. The van der Waals surface area contributed by atoms with Crippen LogP contribution >= 0.6 is 0 Å². The number of carbonyl (C=O) groups is 2. The number of ether oxygens (including phenoxy) is 2. The van der Waals surface area contributed by atoms with Crippen LogP contribution in [-0.4, -0.2) is 83.3 Å². The molecule has 29 heavy (non-hydrogen) atoms. The van der Waals surface area contributed by atoms with Gasteiger partial charge in [-0.2, -0.15) is 0 Å². The molecule has 0 bridgehead atoms. The summed E-state index contributed by atoms with van der Waals surface area (Å²) in [4.78, 5) is 34.7. The van der Waals surface area contributed by atoms with Crippen LogP contribution in [0.2, 0.25) is 0 Å². The number of piperidine rings is 1. The first-order valence-electron chi connectivity index (χ1n) is 10.8. The van der Waals surface area contributed by atoms with E-state index in [4.69, 9.17) is 9.47 Å². The number of imidazole rings is 1. The Labute approximate surface area is 172 Å². The van der Waals surface area contributed by atoms with Gasteiger partial charge < -0.3 is 18.9 Å². The second-order valence-corrected chi connectivity index (χ2v) is 8.59. The van der Waals surface area contributed by atoms with E-state index in [1.807, 2.05) is 18.9 Å². The topological polar surface area (TPSA) is 76.9 Å². The second kappa shape index (κ2) is 8.44. The molecule has 4 rings (SSSR count). The number of esters is 1. The quantitative estimate of drug-likeness (QED) is 0.705. The first-order chi connectivity index (χ1) is 14.0. The predicted molar refractivity (Wildman–Crippen MR) is 106 cm³/mol. The van der Waals surface area contributed by atoms with Crippen molar-refractivity contribution in [2.45, 2.75) is 38.6 Å². The van der Waals surface area contributed by atoms with E-state index in [0.717, 1.165) is 52.0 Å². The third kappa shape index (κ3) is 3.92. The molecular weight excluding hydrogens is 372 g/mol. The molecule has 1 amide bonds. The first kappa shape index (κ1) is 20.3. The molecule has 2 saturated heterocycles. The minimum absolute atomic E-state index is 0.0944. The van der Waals surface area contributed by atoms with Crippen molar-refractivity contribution in [1.29, 1.82) is 0 Å². The molecule has 1 saturated carbocycles. The number of morpholine rings is 1. The normalized spacial score (nSPS) is 30.6. The van der Waals surface area contributed by atoms with Crippen LogP contribution < -0.4 is 0 Å². The molecule has 8 nitrogen and oxygen atoms in total. The molecule has 0 radical (unpaired) electrons. The Bertz CT molecular complexity index is 745. The maximum Gasteiger partial charge on any atom is 0.314 e. The van der Waals surface area contributed by atoms with Crippen LogP contribution in [0, 0.1) is 11.3 Å². The van der Waals surface area contributed by atoms with Crippen molar-refractivity contribution < 1.29 is 19.1 Å². The molecule has 0 spiro atoms.